The number of rotatable bonds is 3. The van der Waals surface area contributed by atoms with Gasteiger partial charge in [0.05, 0.1) is 11.3 Å². The monoisotopic (exact) mass is 252 g/mol. The molecule has 4 nitrogen and oxygen atoms in total. The number of hydrogen-bond donors (Lipinski definition) is 1. The van der Waals surface area contributed by atoms with Gasteiger partial charge in [-0.3, -0.25) is 0 Å². The van der Waals surface area contributed by atoms with Crippen molar-refractivity contribution in [2.24, 2.45) is 0 Å². The van der Waals surface area contributed by atoms with Crippen molar-refractivity contribution in [2.75, 3.05) is 0 Å². The zero-order chi connectivity index (χ0) is 11.6. The van der Waals surface area contributed by atoms with E-state index in [0.717, 1.165) is 18.2 Å². The highest BCUT2D eigenvalue weighted by molar-refractivity contribution is 8.13. The zero-order valence-corrected chi connectivity index (χ0v) is 8.85. The average molecular weight is 253 g/mol. The van der Waals surface area contributed by atoms with E-state index < -0.39 is 32.2 Å². The molecule has 15 heavy (non-hydrogen) atoms. The van der Waals surface area contributed by atoms with Crippen LogP contribution in [0.4, 0.5) is 4.39 Å². The van der Waals surface area contributed by atoms with Gasteiger partial charge in [-0.15, -0.1) is 0 Å². The summed E-state index contributed by atoms with van der Waals surface area (Å²) in [5.41, 5.74) is -0.446. The van der Waals surface area contributed by atoms with Crippen LogP contribution in [0.2, 0.25) is 0 Å². The number of aromatic carboxylic acids is 1. The lowest BCUT2D eigenvalue weighted by Gasteiger charge is -2.03. The fourth-order valence-corrected chi connectivity index (χ4v) is 2.04. The minimum atomic E-state index is -3.86. The topological polar surface area (TPSA) is 71.4 Å². The molecule has 1 rings (SSSR count). The van der Waals surface area contributed by atoms with E-state index in [9.17, 15) is 17.6 Å². The Morgan fingerprint density at radius 1 is 1.47 bits per heavy atom. The van der Waals surface area contributed by atoms with Crippen molar-refractivity contribution in [1.29, 1.82) is 0 Å². The van der Waals surface area contributed by atoms with Gasteiger partial charge >= 0.3 is 5.97 Å². The normalized spacial score (nSPS) is 11.3. The summed E-state index contributed by atoms with van der Waals surface area (Å²) in [6, 6.07) is 2.81. The van der Waals surface area contributed by atoms with Crippen molar-refractivity contribution in [3.05, 3.63) is 35.1 Å². The minimum absolute atomic E-state index is 0.0427. The molecule has 82 valence electrons. The van der Waals surface area contributed by atoms with Crippen LogP contribution in [0.1, 0.15) is 15.9 Å². The molecule has 0 aliphatic heterocycles. The van der Waals surface area contributed by atoms with Gasteiger partial charge in [0.2, 0.25) is 9.05 Å². The Hall–Kier alpha value is -1.14. The number of carboxylic acids is 1. The van der Waals surface area contributed by atoms with Gasteiger partial charge < -0.3 is 5.11 Å². The predicted molar refractivity (Wildman–Crippen MR) is 51.8 cm³/mol. The maximum Gasteiger partial charge on any atom is 0.336 e. The fraction of sp³-hybridized carbons (Fsp3) is 0.125. The third kappa shape index (κ3) is 3.49. The van der Waals surface area contributed by atoms with Gasteiger partial charge in [-0.2, -0.15) is 0 Å². The molecule has 0 aliphatic carbocycles. The van der Waals surface area contributed by atoms with Gasteiger partial charge in [0.25, 0.3) is 0 Å². The first kappa shape index (κ1) is 11.9. The van der Waals surface area contributed by atoms with E-state index in [2.05, 4.69) is 0 Å². The molecule has 0 heterocycles. The van der Waals surface area contributed by atoms with Crippen LogP contribution in [0.5, 0.6) is 0 Å². The van der Waals surface area contributed by atoms with Gasteiger partial charge in [0.15, 0.2) is 0 Å². The molecule has 0 spiro atoms. The molecular weight excluding hydrogens is 247 g/mol. The molecular formula is C8H6ClFO4S. The van der Waals surface area contributed by atoms with Crippen LogP contribution in [0.25, 0.3) is 0 Å². The standard InChI is InChI=1S/C8H6ClFO4S/c9-15(13,14)4-5-1-2-6(10)3-7(5)8(11)12/h1-3H,4H2,(H,11,12). The van der Waals surface area contributed by atoms with Crippen LogP contribution in [-0.2, 0) is 14.8 Å². The second kappa shape index (κ2) is 4.16. The predicted octanol–water partition coefficient (Wildman–Crippen LogP) is 1.59. The second-order valence-corrected chi connectivity index (χ2v) is 5.57. The van der Waals surface area contributed by atoms with Crippen molar-refractivity contribution in [2.45, 2.75) is 5.75 Å². The van der Waals surface area contributed by atoms with Crippen molar-refractivity contribution >= 4 is 25.7 Å². The molecule has 1 N–H and O–H groups in total. The van der Waals surface area contributed by atoms with Gasteiger partial charge in [-0.1, -0.05) is 6.07 Å². The molecule has 0 bridgehead atoms. The maximum absolute atomic E-state index is 12.7. The molecule has 0 saturated carbocycles. The second-order valence-electron chi connectivity index (χ2n) is 2.79. The van der Waals surface area contributed by atoms with Gasteiger partial charge in [-0.05, 0) is 17.7 Å². The van der Waals surface area contributed by atoms with E-state index in [1.165, 1.54) is 0 Å². The Kier molecular flexibility index (Phi) is 3.31. The molecule has 1 aromatic carbocycles. The van der Waals surface area contributed by atoms with Crippen LogP contribution in [0, 0.1) is 5.82 Å². The van der Waals surface area contributed by atoms with Gasteiger partial charge in [-0.25, -0.2) is 17.6 Å². The highest BCUT2D eigenvalue weighted by Gasteiger charge is 2.16. The summed E-state index contributed by atoms with van der Waals surface area (Å²) in [4.78, 5) is 10.7. The van der Waals surface area contributed by atoms with Crippen molar-refractivity contribution in [1.82, 2.24) is 0 Å². The summed E-state index contributed by atoms with van der Waals surface area (Å²) in [5.74, 6) is -2.79. The Balaban J connectivity index is 3.24. The van der Waals surface area contributed by atoms with Crippen molar-refractivity contribution in [3.8, 4) is 0 Å². The third-order valence-electron chi connectivity index (χ3n) is 1.63. The van der Waals surface area contributed by atoms with E-state index in [4.69, 9.17) is 15.8 Å². The molecule has 0 amide bonds. The first-order chi connectivity index (χ1) is 6.79. The molecule has 0 unspecified atom stereocenters. The largest absolute Gasteiger partial charge is 0.478 e. The number of carbonyl (C=O) groups is 1. The molecule has 0 atom stereocenters. The molecule has 7 heteroatoms. The Morgan fingerprint density at radius 2 is 2.07 bits per heavy atom. The first-order valence-electron chi connectivity index (χ1n) is 3.73. The van der Waals surface area contributed by atoms with Crippen LogP contribution >= 0.6 is 10.7 Å². The molecule has 0 saturated heterocycles. The molecule has 0 fully saturated rings. The van der Waals surface area contributed by atoms with E-state index in [-0.39, 0.29) is 5.56 Å². The third-order valence-corrected chi connectivity index (χ3v) is 2.61. The molecule has 1 aromatic rings. The summed E-state index contributed by atoms with van der Waals surface area (Å²) in [6.45, 7) is 0. The number of benzene rings is 1. The molecule has 0 aromatic heterocycles. The van der Waals surface area contributed by atoms with E-state index in [1.54, 1.807) is 0 Å². The van der Waals surface area contributed by atoms with Crippen LogP contribution in [0.3, 0.4) is 0 Å². The Morgan fingerprint density at radius 3 is 2.53 bits per heavy atom. The highest BCUT2D eigenvalue weighted by atomic mass is 35.7. The summed E-state index contributed by atoms with van der Waals surface area (Å²) >= 11 is 0. The van der Waals surface area contributed by atoms with Crippen LogP contribution < -0.4 is 0 Å². The summed E-state index contributed by atoms with van der Waals surface area (Å²) in [6.07, 6.45) is 0. The highest BCUT2D eigenvalue weighted by Crippen LogP contribution is 2.16. The van der Waals surface area contributed by atoms with Gasteiger partial charge in [0.1, 0.15) is 5.82 Å². The van der Waals surface area contributed by atoms with E-state index in [1.807, 2.05) is 0 Å². The van der Waals surface area contributed by atoms with E-state index >= 15 is 0 Å². The van der Waals surface area contributed by atoms with Crippen molar-refractivity contribution < 1.29 is 22.7 Å². The van der Waals surface area contributed by atoms with Crippen LogP contribution in [0.15, 0.2) is 18.2 Å². The number of hydrogen-bond acceptors (Lipinski definition) is 3. The lowest BCUT2D eigenvalue weighted by atomic mass is 10.1. The van der Waals surface area contributed by atoms with Gasteiger partial charge in [0, 0.05) is 10.7 Å². The maximum atomic E-state index is 12.7. The molecule has 0 aliphatic rings. The first-order valence-corrected chi connectivity index (χ1v) is 6.21. The average Bonchev–Trinajstić information content (AvgIpc) is 2.05. The lowest BCUT2D eigenvalue weighted by molar-refractivity contribution is 0.0695. The SMILES string of the molecule is O=C(O)c1cc(F)ccc1CS(=O)(=O)Cl. The smallest absolute Gasteiger partial charge is 0.336 e. The van der Waals surface area contributed by atoms with Crippen molar-refractivity contribution in [3.63, 3.8) is 0 Å². The quantitative estimate of drug-likeness (QED) is 0.830. The summed E-state index contributed by atoms with van der Waals surface area (Å²) in [7, 11) is 1.11. The number of carboxylic acid groups (broad SMARTS) is 1. The summed E-state index contributed by atoms with van der Waals surface area (Å²) < 4.78 is 34.2. The van der Waals surface area contributed by atoms with E-state index in [0.29, 0.717) is 0 Å². The fourth-order valence-electron chi connectivity index (χ4n) is 1.06. The minimum Gasteiger partial charge on any atom is -0.478 e. The zero-order valence-electron chi connectivity index (χ0n) is 7.28. The number of halogens is 2. The Bertz CT molecular complexity index is 497. The lowest BCUT2D eigenvalue weighted by Crippen LogP contribution is -2.06. The Labute approximate surface area is 89.7 Å². The van der Waals surface area contributed by atoms with Crippen LogP contribution in [-0.4, -0.2) is 19.5 Å². The molecule has 0 radical (unpaired) electrons. The summed E-state index contributed by atoms with van der Waals surface area (Å²) in [5, 5.41) is 8.68.